The lowest BCUT2D eigenvalue weighted by molar-refractivity contribution is -0.138. The number of hydrogen-bond acceptors (Lipinski definition) is 2. The van der Waals surface area contributed by atoms with Gasteiger partial charge < -0.3 is 10.5 Å². The molecule has 0 aliphatic carbocycles. The van der Waals surface area contributed by atoms with Crippen LogP contribution >= 0.6 is 0 Å². The second kappa shape index (κ2) is 5.69. The molecule has 0 saturated carbocycles. The van der Waals surface area contributed by atoms with Crippen LogP contribution in [0.5, 0.6) is 11.5 Å². The Morgan fingerprint density at radius 2 is 1.71 bits per heavy atom. The fourth-order valence-corrected chi connectivity index (χ4v) is 1.75. The molecule has 2 nitrogen and oxygen atoms in total. The van der Waals surface area contributed by atoms with Gasteiger partial charge in [0.15, 0.2) is 11.6 Å². The summed E-state index contributed by atoms with van der Waals surface area (Å²) in [6, 6.07) is 5.63. The maximum Gasteiger partial charge on any atom is 0.416 e. The smallest absolute Gasteiger partial charge is 0.416 e. The van der Waals surface area contributed by atoms with Crippen molar-refractivity contribution in [3.8, 4) is 11.5 Å². The summed E-state index contributed by atoms with van der Waals surface area (Å²) in [5, 5.41) is 0. The van der Waals surface area contributed by atoms with Gasteiger partial charge in [-0.25, -0.2) is 8.78 Å². The van der Waals surface area contributed by atoms with Crippen molar-refractivity contribution in [1.29, 1.82) is 0 Å². The van der Waals surface area contributed by atoms with E-state index in [4.69, 9.17) is 10.5 Å². The number of nitrogens with two attached hydrogens (primary N) is 1. The Kier molecular flexibility index (Phi) is 4.13. The predicted octanol–water partition coefficient (Wildman–Crippen LogP) is 4.23. The molecular weight excluding hydrogens is 293 g/mol. The lowest BCUT2D eigenvalue weighted by Crippen LogP contribution is -2.12. The van der Waals surface area contributed by atoms with Gasteiger partial charge in [-0.15, -0.1) is 0 Å². The molecule has 0 saturated heterocycles. The molecule has 0 radical (unpaired) electrons. The first-order chi connectivity index (χ1) is 9.81. The van der Waals surface area contributed by atoms with Crippen molar-refractivity contribution in [1.82, 2.24) is 0 Å². The van der Waals surface area contributed by atoms with E-state index in [9.17, 15) is 22.0 Å². The zero-order valence-corrected chi connectivity index (χ0v) is 10.5. The average molecular weight is 303 g/mol. The van der Waals surface area contributed by atoms with Crippen LogP contribution in [0, 0.1) is 11.6 Å². The van der Waals surface area contributed by atoms with Gasteiger partial charge in [0.1, 0.15) is 11.6 Å². The first-order valence-electron chi connectivity index (χ1n) is 5.84. The van der Waals surface area contributed by atoms with E-state index >= 15 is 0 Å². The lowest BCUT2D eigenvalue weighted by atomic mass is 10.1. The molecule has 0 atom stereocenters. The molecular formula is C14H10F5NO. The molecule has 112 valence electrons. The second-order valence-corrected chi connectivity index (χ2v) is 4.20. The van der Waals surface area contributed by atoms with E-state index in [1.54, 1.807) is 0 Å². The number of benzene rings is 2. The minimum atomic E-state index is -4.60. The normalized spacial score (nSPS) is 11.5. The Morgan fingerprint density at radius 3 is 2.29 bits per heavy atom. The van der Waals surface area contributed by atoms with E-state index in [1.807, 2.05) is 0 Å². The van der Waals surface area contributed by atoms with Gasteiger partial charge in [0.2, 0.25) is 0 Å². The molecule has 0 heterocycles. The van der Waals surface area contributed by atoms with Crippen LogP contribution in [0.15, 0.2) is 36.4 Å². The fraction of sp³-hybridized carbons (Fsp3) is 0.143. The maximum absolute atomic E-state index is 13.4. The highest BCUT2D eigenvalue weighted by atomic mass is 19.4. The van der Waals surface area contributed by atoms with Crippen molar-refractivity contribution in [3.05, 3.63) is 59.2 Å². The minimum absolute atomic E-state index is 0.102. The molecule has 2 aromatic rings. The highest BCUT2D eigenvalue weighted by Crippen LogP contribution is 2.35. The van der Waals surface area contributed by atoms with Crippen molar-refractivity contribution < 1.29 is 26.7 Å². The first kappa shape index (κ1) is 15.2. The van der Waals surface area contributed by atoms with Crippen LogP contribution in [0.4, 0.5) is 22.0 Å². The van der Waals surface area contributed by atoms with Crippen molar-refractivity contribution in [2.45, 2.75) is 12.7 Å². The zero-order valence-electron chi connectivity index (χ0n) is 10.5. The third kappa shape index (κ3) is 3.49. The van der Waals surface area contributed by atoms with Crippen LogP contribution in [0.3, 0.4) is 0 Å². The van der Waals surface area contributed by atoms with Crippen molar-refractivity contribution >= 4 is 0 Å². The van der Waals surface area contributed by atoms with Crippen molar-refractivity contribution in [3.63, 3.8) is 0 Å². The van der Waals surface area contributed by atoms with Crippen LogP contribution in [0.2, 0.25) is 0 Å². The molecule has 0 unspecified atom stereocenters. The number of alkyl halides is 3. The maximum atomic E-state index is 13.4. The predicted molar refractivity (Wildman–Crippen MR) is 65.8 cm³/mol. The lowest BCUT2D eigenvalue weighted by Gasteiger charge is -2.14. The molecule has 21 heavy (non-hydrogen) atoms. The minimum Gasteiger partial charge on any atom is -0.454 e. The number of hydrogen-bond donors (Lipinski definition) is 1. The van der Waals surface area contributed by atoms with E-state index in [1.165, 1.54) is 6.07 Å². The molecule has 0 fully saturated rings. The Balaban J connectivity index is 2.37. The largest absolute Gasteiger partial charge is 0.454 e. The Bertz CT molecular complexity index is 654. The van der Waals surface area contributed by atoms with Crippen LogP contribution in [-0.4, -0.2) is 0 Å². The molecule has 0 aliphatic heterocycles. The molecule has 0 amide bonds. The van der Waals surface area contributed by atoms with Gasteiger partial charge >= 0.3 is 6.18 Å². The van der Waals surface area contributed by atoms with Gasteiger partial charge in [0.05, 0.1) is 5.56 Å². The van der Waals surface area contributed by atoms with E-state index in [2.05, 4.69) is 0 Å². The highest BCUT2D eigenvalue weighted by Gasteiger charge is 2.33. The molecule has 0 aliphatic rings. The van der Waals surface area contributed by atoms with Crippen molar-refractivity contribution in [2.75, 3.05) is 0 Å². The van der Waals surface area contributed by atoms with Crippen molar-refractivity contribution in [2.24, 2.45) is 5.73 Å². The van der Waals surface area contributed by atoms with Gasteiger partial charge in [-0.3, -0.25) is 0 Å². The first-order valence-corrected chi connectivity index (χ1v) is 5.84. The molecule has 0 spiro atoms. The van der Waals surface area contributed by atoms with Crippen LogP contribution in [-0.2, 0) is 12.7 Å². The fourth-order valence-electron chi connectivity index (χ4n) is 1.75. The quantitative estimate of drug-likeness (QED) is 0.861. The summed E-state index contributed by atoms with van der Waals surface area (Å²) < 4.78 is 69.7. The van der Waals surface area contributed by atoms with E-state index < -0.39 is 23.4 Å². The molecule has 2 aromatic carbocycles. The Morgan fingerprint density at radius 1 is 1.00 bits per heavy atom. The standard InChI is InChI=1S/C14H10F5NO/c15-9-2-4-13(12(16)5-9)21-10-3-1-8(7-20)11(6-10)14(17,18)19/h1-6H,7,20H2. The molecule has 0 bridgehead atoms. The third-order valence-corrected chi connectivity index (χ3v) is 2.73. The summed E-state index contributed by atoms with van der Waals surface area (Å²) in [4.78, 5) is 0. The van der Waals surface area contributed by atoms with Crippen LogP contribution in [0.25, 0.3) is 0 Å². The Hall–Kier alpha value is -2.15. The molecule has 0 aromatic heterocycles. The monoisotopic (exact) mass is 303 g/mol. The van der Waals surface area contributed by atoms with E-state index in [-0.39, 0.29) is 23.6 Å². The van der Waals surface area contributed by atoms with Gasteiger partial charge in [0, 0.05) is 12.6 Å². The van der Waals surface area contributed by atoms with Gasteiger partial charge in [0.25, 0.3) is 0 Å². The van der Waals surface area contributed by atoms with E-state index in [0.29, 0.717) is 6.07 Å². The summed E-state index contributed by atoms with van der Waals surface area (Å²) in [5.74, 6) is -2.41. The number of ether oxygens (including phenoxy) is 1. The third-order valence-electron chi connectivity index (χ3n) is 2.73. The average Bonchev–Trinajstić information content (AvgIpc) is 2.41. The molecule has 2 N–H and O–H groups in total. The van der Waals surface area contributed by atoms with Gasteiger partial charge in [-0.05, 0) is 29.8 Å². The second-order valence-electron chi connectivity index (χ2n) is 4.20. The summed E-state index contributed by atoms with van der Waals surface area (Å²) >= 11 is 0. The van der Waals surface area contributed by atoms with Crippen LogP contribution in [0.1, 0.15) is 11.1 Å². The van der Waals surface area contributed by atoms with Crippen LogP contribution < -0.4 is 10.5 Å². The highest BCUT2D eigenvalue weighted by molar-refractivity contribution is 5.40. The molecule has 7 heteroatoms. The zero-order chi connectivity index (χ0) is 15.6. The topological polar surface area (TPSA) is 35.2 Å². The summed E-state index contributed by atoms with van der Waals surface area (Å²) in [5.41, 5.74) is 4.19. The SMILES string of the molecule is NCc1ccc(Oc2ccc(F)cc2F)cc1C(F)(F)F. The summed E-state index contributed by atoms with van der Waals surface area (Å²) in [6.45, 7) is -0.292. The van der Waals surface area contributed by atoms with Gasteiger partial charge in [-0.2, -0.15) is 13.2 Å². The number of halogens is 5. The van der Waals surface area contributed by atoms with Gasteiger partial charge in [-0.1, -0.05) is 6.07 Å². The Labute approximate surface area is 116 Å². The summed E-state index contributed by atoms with van der Waals surface area (Å²) in [6.07, 6.45) is -4.60. The molecule has 2 rings (SSSR count). The number of rotatable bonds is 3. The van der Waals surface area contributed by atoms with E-state index in [0.717, 1.165) is 24.3 Å². The summed E-state index contributed by atoms with van der Waals surface area (Å²) in [7, 11) is 0.